The maximum absolute atomic E-state index is 9.21. The smallest absolute Gasteiger partial charge is 0.115 e. The molecule has 0 aromatic heterocycles. The van der Waals surface area contributed by atoms with E-state index < -0.39 is 0 Å². The molecule has 2 heteroatoms. The zero-order chi connectivity index (χ0) is 9.97. The fourth-order valence-corrected chi connectivity index (χ4v) is 2.16. The number of piperidine rings is 1. The highest BCUT2D eigenvalue weighted by molar-refractivity contribution is 5.29. The summed E-state index contributed by atoms with van der Waals surface area (Å²) in [5.74, 6) is 1.69. The predicted molar refractivity (Wildman–Crippen MR) is 57.5 cm³/mol. The molecule has 1 heterocycles. The highest BCUT2D eigenvalue weighted by atomic mass is 16.3. The molecule has 0 amide bonds. The summed E-state index contributed by atoms with van der Waals surface area (Å²) in [5, 5.41) is 12.6. The summed E-state index contributed by atoms with van der Waals surface area (Å²) in [6.07, 6.45) is 1.24. The number of phenols is 1. The highest BCUT2D eigenvalue weighted by Gasteiger charge is 2.22. The van der Waals surface area contributed by atoms with Gasteiger partial charge in [-0.1, -0.05) is 19.1 Å². The lowest BCUT2D eigenvalue weighted by atomic mass is 9.83. The van der Waals surface area contributed by atoms with Gasteiger partial charge >= 0.3 is 0 Å². The third-order valence-electron chi connectivity index (χ3n) is 3.15. The van der Waals surface area contributed by atoms with Gasteiger partial charge in [0.05, 0.1) is 0 Å². The zero-order valence-electron chi connectivity index (χ0n) is 8.53. The predicted octanol–water partition coefficient (Wildman–Crippen LogP) is 2.11. The average molecular weight is 191 g/mol. The number of hydrogen-bond donors (Lipinski definition) is 2. The molecule has 1 saturated heterocycles. The van der Waals surface area contributed by atoms with Gasteiger partial charge in [0.2, 0.25) is 0 Å². The summed E-state index contributed by atoms with van der Waals surface area (Å²) in [4.78, 5) is 0. The summed E-state index contributed by atoms with van der Waals surface area (Å²) in [5.41, 5.74) is 1.34. The summed E-state index contributed by atoms with van der Waals surface area (Å²) >= 11 is 0. The van der Waals surface area contributed by atoms with Gasteiger partial charge in [0, 0.05) is 6.54 Å². The van der Waals surface area contributed by atoms with Crippen LogP contribution in [-0.2, 0) is 0 Å². The standard InChI is InChI=1S/C12H17NO/c1-9-6-7-13-8-12(9)10-2-4-11(14)5-3-10/h2-5,9,12-14H,6-8H2,1H3. The van der Waals surface area contributed by atoms with Crippen LogP contribution in [0.15, 0.2) is 24.3 Å². The van der Waals surface area contributed by atoms with Gasteiger partial charge < -0.3 is 10.4 Å². The average Bonchev–Trinajstić information content (AvgIpc) is 2.20. The van der Waals surface area contributed by atoms with Gasteiger partial charge in [-0.05, 0) is 42.5 Å². The maximum atomic E-state index is 9.21. The van der Waals surface area contributed by atoms with E-state index in [1.807, 2.05) is 12.1 Å². The van der Waals surface area contributed by atoms with E-state index in [1.54, 1.807) is 12.1 Å². The molecule has 1 aromatic carbocycles. The summed E-state index contributed by atoms with van der Waals surface area (Å²) in [6, 6.07) is 7.61. The van der Waals surface area contributed by atoms with Crippen molar-refractivity contribution in [3.63, 3.8) is 0 Å². The lowest BCUT2D eigenvalue weighted by molar-refractivity contribution is 0.348. The minimum Gasteiger partial charge on any atom is -0.508 e. The topological polar surface area (TPSA) is 32.3 Å². The molecule has 0 saturated carbocycles. The van der Waals surface area contributed by atoms with E-state index in [4.69, 9.17) is 0 Å². The Morgan fingerprint density at radius 3 is 2.64 bits per heavy atom. The molecule has 1 aromatic rings. The number of aromatic hydroxyl groups is 1. The quantitative estimate of drug-likeness (QED) is 0.712. The van der Waals surface area contributed by atoms with E-state index in [9.17, 15) is 5.11 Å². The second kappa shape index (κ2) is 4.01. The molecule has 0 radical (unpaired) electrons. The molecule has 2 rings (SSSR count). The van der Waals surface area contributed by atoms with Crippen LogP contribution < -0.4 is 5.32 Å². The van der Waals surface area contributed by atoms with Crippen molar-refractivity contribution in [3.8, 4) is 5.75 Å². The molecule has 2 N–H and O–H groups in total. The number of benzene rings is 1. The second-order valence-corrected chi connectivity index (χ2v) is 4.17. The van der Waals surface area contributed by atoms with Gasteiger partial charge in [0.25, 0.3) is 0 Å². The van der Waals surface area contributed by atoms with Crippen molar-refractivity contribution in [3.05, 3.63) is 29.8 Å². The van der Waals surface area contributed by atoms with Crippen molar-refractivity contribution in [1.29, 1.82) is 0 Å². The van der Waals surface area contributed by atoms with Crippen LogP contribution in [0, 0.1) is 5.92 Å². The monoisotopic (exact) mass is 191 g/mol. The minimum absolute atomic E-state index is 0.352. The Hall–Kier alpha value is -1.02. The van der Waals surface area contributed by atoms with Crippen LogP contribution in [-0.4, -0.2) is 18.2 Å². The Morgan fingerprint density at radius 1 is 1.29 bits per heavy atom. The molecular formula is C12H17NO. The van der Waals surface area contributed by atoms with Crippen LogP contribution in [0.3, 0.4) is 0 Å². The molecule has 0 bridgehead atoms. The van der Waals surface area contributed by atoms with Gasteiger partial charge in [-0.3, -0.25) is 0 Å². The highest BCUT2D eigenvalue weighted by Crippen LogP contribution is 2.29. The molecule has 0 aliphatic carbocycles. The zero-order valence-corrected chi connectivity index (χ0v) is 8.53. The molecule has 0 spiro atoms. The molecule has 14 heavy (non-hydrogen) atoms. The first-order valence-corrected chi connectivity index (χ1v) is 5.27. The third-order valence-corrected chi connectivity index (χ3v) is 3.15. The number of phenolic OH excluding ortho intramolecular Hbond substituents is 1. The molecule has 2 nitrogen and oxygen atoms in total. The van der Waals surface area contributed by atoms with Gasteiger partial charge in [0.1, 0.15) is 5.75 Å². The third kappa shape index (κ3) is 1.90. The van der Waals surface area contributed by atoms with E-state index in [-0.39, 0.29) is 0 Å². The summed E-state index contributed by atoms with van der Waals surface area (Å²) < 4.78 is 0. The first kappa shape index (κ1) is 9.53. The van der Waals surface area contributed by atoms with Crippen molar-refractivity contribution in [2.45, 2.75) is 19.3 Å². The van der Waals surface area contributed by atoms with Gasteiger partial charge in [-0.25, -0.2) is 0 Å². The Balaban J connectivity index is 2.16. The maximum Gasteiger partial charge on any atom is 0.115 e. The molecule has 2 atom stereocenters. The van der Waals surface area contributed by atoms with Crippen LogP contribution in [0.5, 0.6) is 5.75 Å². The van der Waals surface area contributed by atoms with Gasteiger partial charge in [-0.2, -0.15) is 0 Å². The second-order valence-electron chi connectivity index (χ2n) is 4.17. The first-order chi connectivity index (χ1) is 6.77. The van der Waals surface area contributed by atoms with Crippen LogP contribution in [0.25, 0.3) is 0 Å². The number of nitrogens with one attached hydrogen (secondary N) is 1. The molecule has 1 fully saturated rings. The normalized spacial score (nSPS) is 27.5. The van der Waals surface area contributed by atoms with Crippen molar-refractivity contribution in [2.75, 3.05) is 13.1 Å². The van der Waals surface area contributed by atoms with E-state index in [2.05, 4.69) is 12.2 Å². The molecule has 2 unspecified atom stereocenters. The largest absolute Gasteiger partial charge is 0.508 e. The summed E-state index contributed by atoms with van der Waals surface area (Å²) in [6.45, 7) is 4.50. The Morgan fingerprint density at radius 2 is 2.00 bits per heavy atom. The van der Waals surface area contributed by atoms with Crippen LogP contribution in [0.2, 0.25) is 0 Å². The van der Waals surface area contributed by atoms with Crippen LogP contribution in [0.4, 0.5) is 0 Å². The fourth-order valence-electron chi connectivity index (χ4n) is 2.16. The lowest BCUT2D eigenvalue weighted by Gasteiger charge is -2.29. The van der Waals surface area contributed by atoms with Crippen molar-refractivity contribution < 1.29 is 5.11 Å². The number of hydrogen-bond acceptors (Lipinski definition) is 2. The van der Waals surface area contributed by atoms with Gasteiger partial charge in [0.15, 0.2) is 0 Å². The van der Waals surface area contributed by atoms with Crippen molar-refractivity contribution in [1.82, 2.24) is 5.32 Å². The molecule has 76 valence electrons. The Kier molecular flexibility index (Phi) is 2.73. The Labute approximate surface area is 85.0 Å². The first-order valence-electron chi connectivity index (χ1n) is 5.27. The minimum atomic E-state index is 0.352. The van der Waals surface area contributed by atoms with E-state index >= 15 is 0 Å². The van der Waals surface area contributed by atoms with Gasteiger partial charge in [-0.15, -0.1) is 0 Å². The van der Waals surface area contributed by atoms with E-state index in [1.165, 1.54) is 12.0 Å². The molecule has 1 aliphatic rings. The van der Waals surface area contributed by atoms with Crippen molar-refractivity contribution >= 4 is 0 Å². The Bertz CT molecular complexity index is 294. The molecule has 1 aliphatic heterocycles. The number of rotatable bonds is 1. The molecular weight excluding hydrogens is 174 g/mol. The summed E-state index contributed by atoms with van der Waals surface area (Å²) in [7, 11) is 0. The van der Waals surface area contributed by atoms with Crippen molar-refractivity contribution in [2.24, 2.45) is 5.92 Å². The lowest BCUT2D eigenvalue weighted by Crippen LogP contribution is -2.33. The van der Waals surface area contributed by atoms with E-state index in [0.717, 1.165) is 19.0 Å². The van der Waals surface area contributed by atoms with Crippen LogP contribution in [0.1, 0.15) is 24.8 Å². The van der Waals surface area contributed by atoms with Crippen LogP contribution >= 0.6 is 0 Å². The fraction of sp³-hybridized carbons (Fsp3) is 0.500. The SMILES string of the molecule is CC1CCNCC1c1ccc(O)cc1. The van der Waals surface area contributed by atoms with E-state index in [0.29, 0.717) is 11.7 Å².